The number of hydrogen-bond donors (Lipinski definition) is 2. The molecule has 1 aliphatic carbocycles. The molecule has 9 heteroatoms. The molecule has 6 aromatic carbocycles. The summed E-state index contributed by atoms with van der Waals surface area (Å²) in [5.74, 6) is 2.32. The number of para-hydroxylation sites is 2. The first-order valence-electron chi connectivity index (χ1n) is 18.5. The number of benzene rings is 6. The van der Waals surface area contributed by atoms with Gasteiger partial charge in [0.05, 0.1) is 53.1 Å². The van der Waals surface area contributed by atoms with Crippen LogP contribution in [0.2, 0.25) is 0 Å². The molecule has 272 valence electrons. The van der Waals surface area contributed by atoms with Crippen molar-refractivity contribution < 1.29 is 19.7 Å². The van der Waals surface area contributed by atoms with E-state index in [1.807, 2.05) is 60.7 Å². The highest BCUT2D eigenvalue weighted by Crippen LogP contribution is 2.49. The van der Waals surface area contributed by atoms with Gasteiger partial charge in [-0.3, -0.25) is 4.57 Å². The molecule has 9 nitrogen and oxygen atoms in total. The fraction of sp³-hybridized carbons (Fsp3) is 0.0851. The lowest BCUT2D eigenvalue weighted by Crippen LogP contribution is -2.09. The van der Waals surface area contributed by atoms with Crippen LogP contribution in [0.5, 0.6) is 23.0 Å². The summed E-state index contributed by atoms with van der Waals surface area (Å²) in [5, 5.41) is 27.0. The van der Waals surface area contributed by atoms with Gasteiger partial charge in [0.15, 0.2) is 11.6 Å². The Kier molecular flexibility index (Phi) is 7.81. The molecule has 0 saturated heterocycles. The predicted octanol–water partition coefficient (Wildman–Crippen LogP) is 10.6. The minimum absolute atomic E-state index is 0.0418. The highest BCUT2D eigenvalue weighted by Gasteiger charge is 2.26. The molecule has 3 heterocycles. The van der Waals surface area contributed by atoms with Crippen molar-refractivity contribution in [1.29, 1.82) is 0 Å². The van der Waals surface area contributed by atoms with E-state index in [1.54, 1.807) is 31.4 Å². The van der Waals surface area contributed by atoms with Gasteiger partial charge in [0, 0.05) is 44.8 Å². The van der Waals surface area contributed by atoms with Crippen molar-refractivity contribution >= 4 is 49.2 Å². The Morgan fingerprint density at radius 1 is 0.554 bits per heavy atom. The number of aromatic nitrogens is 5. The van der Waals surface area contributed by atoms with Crippen LogP contribution in [0, 0.1) is 0 Å². The molecule has 0 bridgehead atoms. The van der Waals surface area contributed by atoms with Gasteiger partial charge >= 0.3 is 0 Å². The number of hydrogen-bond acceptors (Lipinski definition) is 7. The lowest BCUT2D eigenvalue weighted by Gasteiger charge is -2.18. The molecule has 0 radical (unpaired) electrons. The summed E-state index contributed by atoms with van der Waals surface area (Å²) in [6.07, 6.45) is 8.32. The summed E-state index contributed by atoms with van der Waals surface area (Å²) < 4.78 is 15.9. The molecule has 0 aliphatic heterocycles. The lowest BCUT2D eigenvalue weighted by molar-refractivity contribution is 0.400. The highest BCUT2D eigenvalue weighted by atomic mass is 16.5. The minimum Gasteiger partial charge on any atom is -0.507 e. The standard InChI is InChI=1S/C47H35N5O4/c1-55-39-23-13-22-37(53)41(39)42-38(54)26-30(27-40(42)56-2)51-35-20-11-9-18-31(35)33-24-25-34-32-19-10-12-21-36(32)52(44(34)43(33)51)47-49-45(28-14-5-3-6-15-28)48-46(50-47)29-16-7-4-8-17-29/h3,5-7,9-27,53-54H,4,8H2,1-2H3. The van der Waals surface area contributed by atoms with E-state index in [-0.39, 0.29) is 11.5 Å². The molecule has 0 fully saturated rings. The van der Waals surface area contributed by atoms with Gasteiger partial charge in [0.25, 0.3) is 0 Å². The highest BCUT2D eigenvalue weighted by molar-refractivity contribution is 6.23. The molecule has 0 amide bonds. The molecule has 56 heavy (non-hydrogen) atoms. The van der Waals surface area contributed by atoms with E-state index in [0.29, 0.717) is 45.9 Å². The first-order valence-corrected chi connectivity index (χ1v) is 18.5. The van der Waals surface area contributed by atoms with Crippen molar-refractivity contribution in [1.82, 2.24) is 24.1 Å². The molecule has 2 N–H and O–H groups in total. The predicted molar refractivity (Wildman–Crippen MR) is 222 cm³/mol. The van der Waals surface area contributed by atoms with E-state index in [0.717, 1.165) is 67.6 Å². The zero-order chi connectivity index (χ0) is 37.9. The zero-order valence-corrected chi connectivity index (χ0v) is 30.6. The zero-order valence-electron chi connectivity index (χ0n) is 30.6. The first-order chi connectivity index (χ1) is 27.5. The van der Waals surface area contributed by atoms with Gasteiger partial charge in [-0.05, 0) is 37.1 Å². The molecule has 9 aromatic rings. The number of fused-ring (bicyclic) bond motifs is 7. The van der Waals surface area contributed by atoms with Crippen molar-refractivity contribution in [3.8, 4) is 57.1 Å². The summed E-state index contributed by atoms with van der Waals surface area (Å²) >= 11 is 0. The summed E-state index contributed by atoms with van der Waals surface area (Å²) in [6, 6.07) is 39.5. The number of phenols is 2. The number of ether oxygens (including phenoxy) is 2. The normalized spacial score (nSPS) is 12.9. The third-order valence-electron chi connectivity index (χ3n) is 10.6. The van der Waals surface area contributed by atoms with Crippen LogP contribution in [0.3, 0.4) is 0 Å². The van der Waals surface area contributed by atoms with E-state index in [4.69, 9.17) is 24.4 Å². The van der Waals surface area contributed by atoms with Crippen LogP contribution in [0.1, 0.15) is 18.7 Å². The number of phenolic OH excluding ortho intramolecular Hbond substituents is 2. The van der Waals surface area contributed by atoms with E-state index in [1.165, 1.54) is 7.11 Å². The molecule has 0 saturated carbocycles. The Bertz CT molecular complexity index is 3090. The SMILES string of the molecule is COc1cccc(O)c1-c1c(O)cc(-n2c3ccccc3c3ccc4c5ccccc5n(-c5nc(C6=CCCC=C6)nc(-c6ccccc6)n5)c4c32)cc1OC. The monoisotopic (exact) mass is 733 g/mol. The smallest absolute Gasteiger partial charge is 0.238 e. The number of allylic oxidation sites excluding steroid dienone is 4. The number of methoxy groups -OCH3 is 2. The first kappa shape index (κ1) is 33.2. The van der Waals surface area contributed by atoms with Crippen molar-refractivity contribution in [2.75, 3.05) is 14.2 Å². The topological polar surface area (TPSA) is 107 Å². The van der Waals surface area contributed by atoms with Crippen molar-refractivity contribution in [3.05, 3.63) is 145 Å². The Morgan fingerprint density at radius 3 is 1.89 bits per heavy atom. The van der Waals surface area contributed by atoms with Crippen LogP contribution in [0.15, 0.2) is 140 Å². The van der Waals surface area contributed by atoms with Gasteiger partial charge in [-0.25, -0.2) is 4.98 Å². The number of nitrogens with zero attached hydrogens (tertiary/aromatic N) is 5. The number of aromatic hydroxyl groups is 2. The maximum Gasteiger partial charge on any atom is 0.238 e. The van der Waals surface area contributed by atoms with Crippen LogP contribution in [-0.2, 0) is 0 Å². The number of rotatable bonds is 7. The van der Waals surface area contributed by atoms with Gasteiger partial charge in [-0.15, -0.1) is 0 Å². The van der Waals surface area contributed by atoms with E-state index >= 15 is 0 Å². The van der Waals surface area contributed by atoms with Crippen LogP contribution < -0.4 is 9.47 Å². The van der Waals surface area contributed by atoms with Gasteiger partial charge in [0.1, 0.15) is 23.0 Å². The quantitative estimate of drug-likeness (QED) is 0.168. The summed E-state index contributed by atoms with van der Waals surface area (Å²) in [7, 11) is 3.08. The maximum absolute atomic E-state index is 11.9. The van der Waals surface area contributed by atoms with Crippen LogP contribution >= 0.6 is 0 Å². The van der Waals surface area contributed by atoms with Gasteiger partial charge in [-0.1, -0.05) is 103 Å². The molecule has 0 unspecified atom stereocenters. The van der Waals surface area contributed by atoms with Crippen LogP contribution in [-0.4, -0.2) is 48.5 Å². The Hall–Kier alpha value is -7.39. The largest absolute Gasteiger partial charge is 0.507 e. The Labute approximate surface area is 321 Å². The van der Waals surface area contributed by atoms with E-state index in [9.17, 15) is 10.2 Å². The summed E-state index contributed by atoms with van der Waals surface area (Å²) in [4.78, 5) is 15.4. The average Bonchev–Trinajstić information content (AvgIpc) is 3.77. The van der Waals surface area contributed by atoms with Crippen LogP contribution in [0.25, 0.3) is 83.3 Å². The van der Waals surface area contributed by atoms with Gasteiger partial charge < -0.3 is 24.3 Å². The minimum atomic E-state index is -0.0822. The average molecular weight is 734 g/mol. The third kappa shape index (κ3) is 5.12. The second-order valence-electron chi connectivity index (χ2n) is 13.7. The third-order valence-corrected chi connectivity index (χ3v) is 10.6. The molecule has 0 spiro atoms. The Morgan fingerprint density at radius 2 is 1.20 bits per heavy atom. The molecular formula is C47H35N5O4. The maximum atomic E-state index is 11.9. The fourth-order valence-electron chi connectivity index (χ4n) is 8.13. The Balaban J connectivity index is 1.33. The van der Waals surface area contributed by atoms with E-state index < -0.39 is 0 Å². The molecular weight excluding hydrogens is 699 g/mol. The second kappa shape index (κ2) is 13.2. The summed E-state index contributed by atoms with van der Waals surface area (Å²) in [6.45, 7) is 0. The second-order valence-corrected chi connectivity index (χ2v) is 13.7. The van der Waals surface area contributed by atoms with Crippen molar-refractivity contribution in [3.63, 3.8) is 0 Å². The summed E-state index contributed by atoms with van der Waals surface area (Å²) in [5.41, 5.74) is 6.84. The van der Waals surface area contributed by atoms with Crippen LogP contribution in [0.4, 0.5) is 0 Å². The molecule has 1 aliphatic rings. The van der Waals surface area contributed by atoms with Gasteiger partial charge in [0.2, 0.25) is 5.95 Å². The van der Waals surface area contributed by atoms with Crippen molar-refractivity contribution in [2.24, 2.45) is 0 Å². The molecule has 3 aromatic heterocycles. The fourth-order valence-corrected chi connectivity index (χ4v) is 8.13. The van der Waals surface area contributed by atoms with E-state index in [2.05, 4.69) is 63.8 Å². The van der Waals surface area contributed by atoms with Crippen molar-refractivity contribution in [2.45, 2.75) is 12.8 Å². The van der Waals surface area contributed by atoms with Gasteiger partial charge in [-0.2, -0.15) is 9.97 Å². The lowest BCUT2D eigenvalue weighted by atomic mass is 10.00. The molecule has 0 atom stereocenters. The molecule has 10 rings (SSSR count).